The Morgan fingerprint density at radius 1 is 1.44 bits per heavy atom. The smallest absolute Gasteiger partial charge is 0.0900 e. The van der Waals surface area contributed by atoms with E-state index < -0.39 is 0 Å². The molecule has 3 nitrogen and oxygen atoms in total. The van der Waals surface area contributed by atoms with Gasteiger partial charge >= 0.3 is 0 Å². The molecule has 0 bridgehead atoms. The minimum Gasteiger partial charge on any atom is -0.389 e. The van der Waals surface area contributed by atoms with Gasteiger partial charge in [-0.3, -0.25) is 4.90 Å². The van der Waals surface area contributed by atoms with Gasteiger partial charge in [0.2, 0.25) is 0 Å². The summed E-state index contributed by atoms with van der Waals surface area (Å²) in [5.74, 6) is 0.713. The summed E-state index contributed by atoms with van der Waals surface area (Å²) in [6.45, 7) is 8.26. The van der Waals surface area contributed by atoms with E-state index in [0.717, 1.165) is 32.7 Å². The molecule has 102 valence electrons. The summed E-state index contributed by atoms with van der Waals surface area (Å²) >= 11 is 1.90. The molecule has 1 N–H and O–H groups in total. The van der Waals surface area contributed by atoms with E-state index in [0.29, 0.717) is 12.5 Å². The molecule has 0 radical (unpaired) electrons. The van der Waals surface area contributed by atoms with Crippen LogP contribution in [0.1, 0.15) is 23.6 Å². The molecular formula is C14H23NO2S. The Bertz CT molecular complexity index is 364. The third kappa shape index (κ3) is 4.35. The van der Waals surface area contributed by atoms with Gasteiger partial charge in [0.05, 0.1) is 19.3 Å². The third-order valence-corrected chi connectivity index (χ3v) is 4.13. The van der Waals surface area contributed by atoms with Gasteiger partial charge in [-0.15, -0.1) is 11.3 Å². The number of hydrogen-bond donors (Lipinski definition) is 1. The maximum atomic E-state index is 9.70. The molecule has 0 aliphatic carbocycles. The van der Waals surface area contributed by atoms with Crippen LogP contribution in [0.5, 0.6) is 0 Å². The molecule has 1 fully saturated rings. The fourth-order valence-electron chi connectivity index (χ4n) is 2.24. The lowest BCUT2D eigenvalue weighted by Gasteiger charge is -2.19. The van der Waals surface area contributed by atoms with E-state index in [4.69, 9.17) is 4.74 Å². The standard InChI is InChI=1S/C14H23NO2S/c1-11(2)7-13-3-4-14(18-13)9-15-5-6-17-10-12(16)8-15/h3-4,11-12,16H,5-10H2,1-2H3. The Morgan fingerprint density at radius 2 is 2.22 bits per heavy atom. The van der Waals surface area contributed by atoms with Crippen molar-refractivity contribution in [3.05, 3.63) is 21.9 Å². The molecule has 2 rings (SSSR count). The number of β-amino-alcohol motifs (C(OH)–C–C–N with tert-alkyl or cyclic N) is 1. The van der Waals surface area contributed by atoms with Crippen LogP contribution < -0.4 is 0 Å². The Balaban J connectivity index is 1.89. The largest absolute Gasteiger partial charge is 0.389 e. The maximum absolute atomic E-state index is 9.70. The average Bonchev–Trinajstić information content (AvgIpc) is 2.59. The molecule has 1 unspecified atom stereocenters. The zero-order valence-electron chi connectivity index (χ0n) is 11.3. The lowest BCUT2D eigenvalue weighted by atomic mass is 10.1. The normalized spacial score (nSPS) is 22.3. The van der Waals surface area contributed by atoms with E-state index in [2.05, 4.69) is 30.9 Å². The van der Waals surface area contributed by atoms with E-state index in [9.17, 15) is 5.11 Å². The number of thiophene rings is 1. The first-order valence-electron chi connectivity index (χ1n) is 6.69. The predicted molar refractivity (Wildman–Crippen MR) is 75.0 cm³/mol. The summed E-state index contributed by atoms with van der Waals surface area (Å²) in [5, 5.41) is 9.70. The number of nitrogens with zero attached hydrogens (tertiary/aromatic N) is 1. The fourth-order valence-corrected chi connectivity index (χ4v) is 3.51. The van der Waals surface area contributed by atoms with Crippen LogP contribution in [0.15, 0.2) is 12.1 Å². The molecule has 1 aliphatic heterocycles. The second-order valence-corrected chi connectivity index (χ2v) is 6.68. The van der Waals surface area contributed by atoms with Crippen LogP contribution in [0.4, 0.5) is 0 Å². The van der Waals surface area contributed by atoms with Crippen molar-refractivity contribution in [3.63, 3.8) is 0 Å². The molecule has 1 aromatic heterocycles. The highest BCUT2D eigenvalue weighted by Crippen LogP contribution is 2.21. The number of aliphatic hydroxyl groups excluding tert-OH is 1. The predicted octanol–water partition coefficient (Wildman–Crippen LogP) is 2.14. The van der Waals surface area contributed by atoms with E-state index in [1.165, 1.54) is 9.75 Å². The monoisotopic (exact) mass is 269 g/mol. The molecule has 1 atom stereocenters. The second kappa shape index (κ2) is 6.66. The lowest BCUT2D eigenvalue weighted by molar-refractivity contribution is 0.0562. The Labute approximate surface area is 113 Å². The molecular weight excluding hydrogens is 246 g/mol. The first-order valence-corrected chi connectivity index (χ1v) is 7.51. The number of rotatable bonds is 4. The highest BCUT2D eigenvalue weighted by molar-refractivity contribution is 7.11. The second-order valence-electron chi connectivity index (χ2n) is 5.43. The number of hydrogen-bond acceptors (Lipinski definition) is 4. The first-order chi connectivity index (χ1) is 8.63. The van der Waals surface area contributed by atoms with Crippen molar-refractivity contribution in [2.75, 3.05) is 26.3 Å². The van der Waals surface area contributed by atoms with Gasteiger partial charge in [-0.2, -0.15) is 0 Å². The molecule has 0 saturated carbocycles. The number of aliphatic hydroxyl groups is 1. The third-order valence-electron chi connectivity index (χ3n) is 3.04. The molecule has 1 aromatic rings. The molecule has 0 aromatic carbocycles. The molecule has 2 heterocycles. The van der Waals surface area contributed by atoms with Crippen LogP contribution >= 0.6 is 11.3 Å². The maximum Gasteiger partial charge on any atom is 0.0900 e. The highest BCUT2D eigenvalue weighted by Gasteiger charge is 2.17. The van der Waals surface area contributed by atoms with Gasteiger partial charge in [0, 0.05) is 29.4 Å². The zero-order chi connectivity index (χ0) is 13.0. The van der Waals surface area contributed by atoms with Crippen LogP contribution in [0.3, 0.4) is 0 Å². The molecule has 0 amide bonds. The summed E-state index contributed by atoms with van der Waals surface area (Å²) in [6.07, 6.45) is 0.818. The van der Waals surface area contributed by atoms with Gasteiger partial charge in [0.1, 0.15) is 0 Å². The molecule has 1 aliphatic rings. The van der Waals surface area contributed by atoms with Crippen LogP contribution in [-0.2, 0) is 17.7 Å². The van der Waals surface area contributed by atoms with Crippen molar-refractivity contribution in [2.24, 2.45) is 5.92 Å². The zero-order valence-corrected chi connectivity index (χ0v) is 12.1. The van der Waals surface area contributed by atoms with Crippen molar-refractivity contribution in [3.8, 4) is 0 Å². The van der Waals surface area contributed by atoms with Crippen molar-refractivity contribution >= 4 is 11.3 Å². The first kappa shape index (κ1) is 14.0. The van der Waals surface area contributed by atoms with Crippen LogP contribution in [-0.4, -0.2) is 42.4 Å². The number of ether oxygens (including phenoxy) is 1. The van der Waals surface area contributed by atoms with Crippen molar-refractivity contribution in [1.29, 1.82) is 0 Å². The van der Waals surface area contributed by atoms with Crippen LogP contribution in [0, 0.1) is 5.92 Å². The van der Waals surface area contributed by atoms with Gasteiger partial charge in [0.15, 0.2) is 0 Å². The van der Waals surface area contributed by atoms with E-state index in [1.807, 2.05) is 11.3 Å². The van der Waals surface area contributed by atoms with Gasteiger partial charge in [-0.1, -0.05) is 13.8 Å². The van der Waals surface area contributed by atoms with E-state index in [-0.39, 0.29) is 6.10 Å². The van der Waals surface area contributed by atoms with Crippen molar-refractivity contribution < 1.29 is 9.84 Å². The fraction of sp³-hybridized carbons (Fsp3) is 0.714. The summed E-state index contributed by atoms with van der Waals surface area (Å²) < 4.78 is 5.34. The summed E-state index contributed by atoms with van der Waals surface area (Å²) in [6, 6.07) is 4.46. The molecule has 18 heavy (non-hydrogen) atoms. The summed E-state index contributed by atoms with van der Waals surface area (Å²) in [5.41, 5.74) is 0. The minimum atomic E-state index is -0.345. The van der Waals surface area contributed by atoms with Gasteiger partial charge in [0.25, 0.3) is 0 Å². The van der Waals surface area contributed by atoms with Gasteiger partial charge < -0.3 is 9.84 Å². The Morgan fingerprint density at radius 3 is 3.00 bits per heavy atom. The lowest BCUT2D eigenvalue weighted by Crippen LogP contribution is -2.31. The summed E-state index contributed by atoms with van der Waals surface area (Å²) in [4.78, 5) is 5.13. The topological polar surface area (TPSA) is 32.7 Å². The minimum absolute atomic E-state index is 0.345. The highest BCUT2D eigenvalue weighted by atomic mass is 32.1. The van der Waals surface area contributed by atoms with Crippen LogP contribution in [0.2, 0.25) is 0 Å². The summed E-state index contributed by atoms with van der Waals surface area (Å²) in [7, 11) is 0. The van der Waals surface area contributed by atoms with Crippen molar-refractivity contribution in [2.45, 2.75) is 32.9 Å². The molecule has 1 saturated heterocycles. The van der Waals surface area contributed by atoms with Crippen LogP contribution in [0.25, 0.3) is 0 Å². The van der Waals surface area contributed by atoms with Gasteiger partial charge in [-0.05, 0) is 24.5 Å². The van der Waals surface area contributed by atoms with Crippen molar-refractivity contribution in [1.82, 2.24) is 4.90 Å². The quantitative estimate of drug-likeness (QED) is 0.909. The van der Waals surface area contributed by atoms with E-state index >= 15 is 0 Å². The SMILES string of the molecule is CC(C)Cc1ccc(CN2CCOCC(O)C2)s1. The Kier molecular flexibility index (Phi) is 5.18. The molecule has 0 spiro atoms. The Hall–Kier alpha value is -0.420. The van der Waals surface area contributed by atoms with E-state index in [1.54, 1.807) is 0 Å². The van der Waals surface area contributed by atoms with Gasteiger partial charge in [-0.25, -0.2) is 0 Å². The molecule has 4 heteroatoms. The average molecular weight is 269 g/mol.